The van der Waals surface area contributed by atoms with Gasteiger partial charge in [-0.15, -0.1) is 11.6 Å². The van der Waals surface area contributed by atoms with Crippen molar-refractivity contribution in [2.24, 2.45) is 0 Å². The minimum Gasteiger partial charge on any atom is -0.250 e. The molecular weight excluding hydrogens is 210 g/mol. The van der Waals surface area contributed by atoms with E-state index < -0.39 is 12.1 Å². The van der Waals surface area contributed by atoms with Crippen molar-refractivity contribution in [1.29, 1.82) is 5.26 Å². The van der Waals surface area contributed by atoms with Gasteiger partial charge in [0.1, 0.15) is 5.69 Å². The maximum absolute atomic E-state index is 12.3. The summed E-state index contributed by atoms with van der Waals surface area (Å²) in [4.78, 5) is 3.67. The largest absolute Gasteiger partial charge is 0.280 e. The number of alkyl halides is 3. The van der Waals surface area contributed by atoms with Crippen molar-refractivity contribution in [3.8, 4) is 6.07 Å². The van der Waals surface area contributed by atoms with E-state index in [0.717, 1.165) is 6.07 Å². The third-order valence-electron chi connectivity index (χ3n) is 1.86. The molecule has 5 heteroatoms. The molecule has 0 N–H and O–H groups in total. The lowest BCUT2D eigenvalue weighted by Gasteiger charge is -2.06. The Balaban J connectivity index is 3.34. The molecule has 0 saturated heterocycles. The van der Waals surface area contributed by atoms with Gasteiger partial charge in [0.15, 0.2) is 0 Å². The molecule has 0 aliphatic heterocycles. The van der Waals surface area contributed by atoms with Crippen molar-refractivity contribution in [3.05, 3.63) is 28.6 Å². The standard InChI is InChI=1S/C9H7ClF2N2/c1-5-6(4-13)2-7(9(11)12)14-8(5)3-10/h2,9H,3H2,1H3. The van der Waals surface area contributed by atoms with Crippen LogP contribution in [0.3, 0.4) is 0 Å². The van der Waals surface area contributed by atoms with Crippen LogP contribution in [0.1, 0.15) is 28.9 Å². The fourth-order valence-corrected chi connectivity index (χ4v) is 1.30. The molecule has 74 valence electrons. The van der Waals surface area contributed by atoms with Gasteiger partial charge in [-0.05, 0) is 18.6 Å². The SMILES string of the molecule is Cc1c(C#N)cc(C(F)F)nc1CCl. The van der Waals surface area contributed by atoms with Crippen molar-refractivity contribution in [1.82, 2.24) is 4.98 Å². The van der Waals surface area contributed by atoms with Gasteiger partial charge in [-0.3, -0.25) is 4.98 Å². The van der Waals surface area contributed by atoms with Crippen LogP contribution in [0, 0.1) is 18.3 Å². The van der Waals surface area contributed by atoms with Crippen LogP contribution in [-0.2, 0) is 5.88 Å². The number of pyridine rings is 1. The average molecular weight is 217 g/mol. The van der Waals surface area contributed by atoms with E-state index in [0.29, 0.717) is 11.3 Å². The molecule has 0 amide bonds. The van der Waals surface area contributed by atoms with Crippen LogP contribution in [0.4, 0.5) is 8.78 Å². The van der Waals surface area contributed by atoms with E-state index >= 15 is 0 Å². The number of hydrogen-bond acceptors (Lipinski definition) is 2. The smallest absolute Gasteiger partial charge is 0.250 e. The lowest BCUT2D eigenvalue weighted by molar-refractivity contribution is 0.146. The Morgan fingerprint density at radius 2 is 2.29 bits per heavy atom. The van der Waals surface area contributed by atoms with Crippen LogP contribution in [0.5, 0.6) is 0 Å². The molecule has 1 heterocycles. The third-order valence-corrected chi connectivity index (χ3v) is 2.12. The first-order valence-electron chi connectivity index (χ1n) is 3.84. The van der Waals surface area contributed by atoms with E-state index in [1.807, 2.05) is 6.07 Å². The minimum absolute atomic E-state index is 0.0288. The first-order chi connectivity index (χ1) is 6.60. The minimum atomic E-state index is -2.68. The molecule has 0 aliphatic rings. The lowest BCUT2D eigenvalue weighted by Crippen LogP contribution is -2.00. The van der Waals surface area contributed by atoms with Crippen molar-refractivity contribution < 1.29 is 8.78 Å². The molecule has 0 aliphatic carbocycles. The number of rotatable bonds is 2. The molecule has 0 unspecified atom stereocenters. The normalized spacial score (nSPS) is 10.3. The van der Waals surface area contributed by atoms with Gasteiger partial charge in [-0.1, -0.05) is 0 Å². The highest BCUT2D eigenvalue weighted by Gasteiger charge is 2.14. The van der Waals surface area contributed by atoms with Gasteiger partial charge in [0.05, 0.1) is 23.2 Å². The second kappa shape index (κ2) is 4.34. The van der Waals surface area contributed by atoms with E-state index in [1.165, 1.54) is 0 Å². The molecule has 0 spiro atoms. The summed E-state index contributed by atoms with van der Waals surface area (Å²) in [6.45, 7) is 1.64. The fourth-order valence-electron chi connectivity index (χ4n) is 1.04. The Hall–Kier alpha value is -1.21. The van der Waals surface area contributed by atoms with Crippen LogP contribution in [0.25, 0.3) is 0 Å². The van der Waals surface area contributed by atoms with Gasteiger partial charge in [-0.25, -0.2) is 8.78 Å². The molecule has 0 fully saturated rings. The highest BCUT2D eigenvalue weighted by molar-refractivity contribution is 6.17. The van der Waals surface area contributed by atoms with Gasteiger partial charge in [-0.2, -0.15) is 5.26 Å². The zero-order valence-electron chi connectivity index (χ0n) is 7.39. The molecule has 2 nitrogen and oxygen atoms in total. The molecule has 1 rings (SSSR count). The second-order valence-electron chi connectivity index (χ2n) is 2.71. The molecule has 0 aromatic carbocycles. The molecular formula is C9H7ClF2N2. The van der Waals surface area contributed by atoms with Gasteiger partial charge in [0, 0.05) is 0 Å². The quantitative estimate of drug-likeness (QED) is 0.713. The van der Waals surface area contributed by atoms with Crippen LogP contribution < -0.4 is 0 Å². The van der Waals surface area contributed by atoms with Crippen molar-refractivity contribution in [3.63, 3.8) is 0 Å². The Morgan fingerprint density at radius 1 is 1.64 bits per heavy atom. The van der Waals surface area contributed by atoms with Crippen LogP contribution in [0.2, 0.25) is 0 Å². The second-order valence-corrected chi connectivity index (χ2v) is 2.98. The first kappa shape index (κ1) is 10.9. The predicted molar refractivity (Wildman–Crippen MR) is 48.2 cm³/mol. The third kappa shape index (κ3) is 1.99. The molecule has 0 saturated carbocycles. The molecule has 0 bridgehead atoms. The fraction of sp³-hybridized carbons (Fsp3) is 0.333. The molecule has 1 aromatic rings. The number of nitrogens with zero attached hydrogens (tertiary/aromatic N) is 2. The summed E-state index contributed by atoms with van der Waals surface area (Å²) in [5.41, 5.74) is 0.696. The summed E-state index contributed by atoms with van der Waals surface area (Å²) in [7, 11) is 0. The zero-order chi connectivity index (χ0) is 10.7. The predicted octanol–water partition coefficient (Wildman–Crippen LogP) is 2.94. The van der Waals surface area contributed by atoms with Gasteiger partial charge < -0.3 is 0 Å². The summed E-state index contributed by atoms with van der Waals surface area (Å²) < 4.78 is 24.6. The lowest BCUT2D eigenvalue weighted by atomic mass is 10.1. The Bertz CT molecular complexity index is 385. The number of nitriles is 1. The Morgan fingerprint density at radius 3 is 2.71 bits per heavy atom. The van der Waals surface area contributed by atoms with E-state index in [4.69, 9.17) is 16.9 Å². The summed E-state index contributed by atoms with van der Waals surface area (Å²) in [5, 5.41) is 8.68. The van der Waals surface area contributed by atoms with Crippen LogP contribution in [0.15, 0.2) is 6.07 Å². The topological polar surface area (TPSA) is 36.7 Å². The molecule has 14 heavy (non-hydrogen) atoms. The number of aromatic nitrogens is 1. The molecule has 1 aromatic heterocycles. The van der Waals surface area contributed by atoms with E-state index in [-0.39, 0.29) is 11.4 Å². The highest BCUT2D eigenvalue weighted by Crippen LogP contribution is 2.22. The highest BCUT2D eigenvalue weighted by atomic mass is 35.5. The van der Waals surface area contributed by atoms with E-state index in [9.17, 15) is 8.78 Å². The van der Waals surface area contributed by atoms with Crippen LogP contribution >= 0.6 is 11.6 Å². The summed E-state index contributed by atoms with van der Waals surface area (Å²) >= 11 is 5.52. The first-order valence-corrected chi connectivity index (χ1v) is 4.38. The van der Waals surface area contributed by atoms with Crippen LogP contribution in [-0.4, -0.2) is 4.98 Å². The maximum atomic E-state index is 12.3. The van der Waals surface area contributed by atoms with Gasteiger partial charge in [0.25, 0.3) is 6.43 Å². The Labute approximate surface area is 85.1 Å². The number of halogens is 3. The van der Waals surface area contributed by atoms with Crippen molar-refractivity contribution in [2.45, 2.75) is 19.2 Å². The molecule has 0 atom stereocenters. The zero-order valence-corrected chi connectivity index (χ0v) is 8.15. The summed E-state index contributed by atoms with van der Waals surface area (Å²) in [6, 6.07) is 2.93. The van der Waals surface area contributed by atoms with Crippen molar-refractivity contribution >= 4 is 11.6 Å². The maximum Gasteiger partial charge on any atom is 0.280 e. The number of hydrogen-bond donors (Lipinski definition) is 0. The Kier molecular flexibility index (Phi) is 3.37. The van der Waals surface area contributed by atoms with Gasteiger partial charge >= 0.3 is 0 Å². The van der Waals surface area contributed by atoms with E-state index in [2.05, 4.69) is 4.98 Å². The average Bonchev–Trinajstić information content (AvgIpc) is 2.17. The van der Waals surface area contributed by atoms with Gasteiger partial charge in [0.2, 0.25) is 0 Å². The monoisotopic (exact) mass is 216 g/mol. The van der Waals surface area contributed by atoms with Crippen molar-refractivity contribution in [2.75, 3.05) is 0 Å². The molecule has 0 radical (unpaired) electrons. The summed E-state index contributed by atoms with van der Waals surface area (Å²) in [5.74, 6) is 0.0288. The summed E-state index contributed by atoms with van der Waals surface area (Å²) in [6.07, 6.45) is -2.68. The van der Waals surface area contributed by atoms with E-state index in [1.54, 1.807) is 6.92 Å².